The topological polar surface area (TPSA) is 115 Å². The first-order chi connectivity index (χ1) is 10.4. The number of benzene rings is 2. The summed E-state index contributed by atoms with van der Waals surface area (Å²) in [4.78, 5) is 32.2. The summed E-state index contributed by atoms with van der Waals surface area (Å²) in [6.07, 6.45) is 0. The van der Waals surface area contributed by atoms with Gasteiger partial charge in [0.1, 0.15) is 0 Å². The number of anilines is 1. The van der Waals surface area contributed by atoms with Crippen molar-refractivity contribution in [1.29, 1.82) is 0 Å². The van der Waals surface area contributed by atoms with E-state index in [1.807, 2.05) is 0 Å². The van der Waals surface area contributed by atoms with E-state index in [1.54, 1.807) is 0 Å². The number of nitro groups is 2. The smallest absolute Gasteiger partial charge is 0.270 e. The van der Waals surface area contributed by atoms with Crippen LogP contribution in [-0.2, 0) is 0 Å². The maximum atomic E-state index is 12.1. The lowest BCUT2D eigenvalue weighted by molar-refractivity contribution is -0.385. The van der Waals surface area contributed by atoms with Gasteiger partial charge in [0.25, 0.3) is 17.3 Å². The minimum Gasteiger partial charge on any atom is -0.321 e. The Labute approximate surface area is 132 Å². The van der Waals surface area contributed by atoms with Crippen LogP contribution in [-0.4, -0.2) is 15.8 Å². The Hall–Kier alpha value is -2.81. The fourth-order valence-corrected chi connectivity index (χ4v) is 2.14. The quantitative estimate of drug-likeness (QED) is 0.657. The predicted molar refractivity (Wildman–Crippen MR) is 81.8 cm³/mol. The van der Waals surface area contributed by atoms with Crippen molar-refractivity contribution in [2.75, 3.05) is 5.32 Å². The molecule has 0 saturated carbocycles. The van der Waals surface area contributed by atoms with Crippen molar-refractivity contribution >= 4 is 38.9 Å². The number of nitro benzene ring substituents is 2. The largest absolute Gasteiger partial charge is 0.321 e. The van der Waals surface area contributed by atoms with E-state index in [4.69, 9.17) is 0 Å². The predicted octanol–water partition coefficient (Wildman–Crippen LogP) is 3.52. The highest BCUT2D eigenvalue weighted by Gasteiger charge is 2.14. The first-order valence-electron chi connectivity index (χ1n) is 5.88. The van der Waals surface area contributed by atoms with Crippen molar-refractivity contribution in [1.82, 2.24) is 0 Å². The third kappa shape index (κ3) is 3.44. The molecular weight excluding hydrogens is 358 g/mol. The molecule has 2 aromatic rings. The van der Waals surface area contributed by atoms with Crippen molar-refractivity contribution in [2.24, 2.45) is 0 Å². The highest BCUT2D eigenvalue weighted by atomic mass is 79.9. The van der Waals surface area contributed by atoms with Crippen molar-refractivity contribution in [3.8, 4) is 0 Å². The number of carbonyl (C=O) groups is 1. The molecular formula is C13H8BrN3O5. The third-order valence-corrected chi connectivity index (χ3v) is 3.39. The van der Waals surface area contributed by atoms with Gasteiger partial charge in [-0.15, -0.1) is 0 Å². The van der Waals surface area contributed by atoms with E-state index in [1.165, 1.54) is 36.4 Å². The summed E-state index contributed by atoms with van der Waals surface area (Å²) >= 11 is 3.13. The second kappa shape index (κ2) is 6.31. The summed E-state index contributed by atoms with van der Waals surface area (Å²) < 4.78 is 0.334. The molecule has 0 heterocycles. The number of hydrogen-bond donors (Lipinski definition) is 1. The maximum absolute atomic E-state index is 12.1. The first-order valence-corrected chi connectivity index (χ1v) is 6.67. The SMILES string of the molecule is O=C(Nc1ccc([N+](=O)[O-])cc1Br)c1cccc([N+](=O)[O-])c1. The molecule has 2 rings (SSSR count). The number of hydrogen-bond acceptors (Lipinski definition) is 5. The maximum Gasteiger partial charge on any atom is 0.270 e. The molecule has 0 unspecified atom stereocenters. The van der Waals surface area contributed by atoms with Gasteiger partial charge in [-0.05, 0) is 28.1 Å². The standard InChI is InChI=1S/C13H8BrN3O5/c14-11-7-10(17(21)22)4-5-12(11)15-13(18)8-2-1-3-9(6-8)16(19)20/h1-7H,(H,15,18). The van der Waals surface area contributed by atoms with E-state index < -0.39 is 15.8 Å². The molecule has 8 nitrogen and oxygen atoms in total. The Morgan fingerprint density at radius 1 is 1.00 bits per heavy atom. The third-order valence-electron chi connectivity index (χ3n) is 2.73. The fraction of sp³-hybridized carbons (Fsp3) is 0. The van der Waals surface area contributed by atoms with Crippen LogP contribution in [0.3, 0.4) is 0 Å². The average Bonchev–Trinajstić information content (AvgIpc) is 2.49. The molecule has 22 heavy (non-hydrogen) atoms. The Balaban J connectivity index is 2.24. The number of nitrogens with one attached hydrogen (secondary N) is 1. The van der Waals surface area contributed by atoms with Gasteiger partial charge < -0.3 is 5.32 Å². The molecule has 2 aromatic carbocycles. The highest BCUT2D eigenvalue weighted by Crippen LogP contribution is 2.27. The Morgan fingerprint density at radius 2 is 1.64 bits per heavy atom. The summed E-state index contributed by atoms with van der Waals surface area (Å²) in [7, 11) is 0. The zero-order valence-corrected chi connectivity index (χ0v) is 12.4. The highest BCUT2D eigenvalue weighted by molar-refractivity contribution is 9.10. The lowest BCUT2D eigenvalue weighted by Crippen LogP contribution is -2.12. The van der Waals surface area contributed by atoms with Gasteiger partial charge in [-0.1, -0.05) is 6.07 Å². The summed E-state index contributed by atoms with van der Waals surface area (Å²) in [6, 6.07) is 9.13. The fourth-order valence-electron chi connectivity index (χ4n) is 1.67. The number of non-ortho nitro benzene ring substituents is 2. The first kappa shape index (κ1) is 15.6. The van der Waals surface area contributed by atoms with Gasteiger partial charge >= 0.3 is 0 Å². The van der Waals surface area contributed by atoms with Gasteiger partial charge in [-0.25, -0.2) is 0 Å². The van der Waals surface area contributed by atoms with Crippen molar-refractivity contribution < 1.29 is 14.6 Å². The van der Waals surface area contributed by atoms with E-state index in [-0.39, 0.29) is 16.9 Å². The lowest BCUT2D eigenvalue weighted by atomic mass is 10.2. The molecule has 0 radical (unpaired) electrons. The number of rotatable bonds is 4. The number of nitrogens with zero attached hydrogens (tertiary/aromatic N) is 2. The molecule has 0 spiro atoms. The monoisotopic (exact) mass is 365 g/mol. The van der Waals surface area contributed by atoms with Gasteiger partial charge in [0.2, 0.25) is 0 Å². The van der Waals surface area contributed by atoms with Gasteiger partial charge in [-0.2, -0.15) is 0 Å². The molecule has 1 amide bonds. The van der Waals surface area contributed by atoms with E-state index in [0.29, 0.717) is 10.2 Å². The Bertz CT molecular complexity index is 778. The summed E-state index contributed by atoms with van der Waals surface area (Å²) in [6.45, 7) is 0. The van der Waals surface area contributed by atoms with Crippen molar-refractivity contribution in [2.45, 2.75) is 0 Å². The molecule has 0 aliphatic rings. The molecule has 0 atom stereocenters. The number of carbonyl (C=O) groups excluding carboxylic acids is 1. The summed E-state index contributed by atoms with van der Waals surface area (Å²) in [5.74, 6) is -0.557. The van der Waals surface area contributed by atoms with Gasteiger partial charge in [0.15, 0.2) is 0 Å². The zero-order valence-electron chi connectivity index (χ0n) is 10.9. The summed E-state index contributed by atoms with van der Waals surface area (Å²) in [5.41, 5.74) is 0.109. The van der Waals surface area contributed by atoms with E-state index >= 15 is 0 Å². The molecule has 0 fully saturated rings. The second-order valence-corrected chi connectivity index (χ2v) is 5.04. The van der Waals surface area contributed by atoms with Crippen LogP contribution in [0.25, 0.3) is 0 Å². The normalized spacial score (nSPS) is 10.0. The Morgan fingerprint density at radius 3 is 2.23 bits per heavy atom. The van der Waals surface area contributed by atoms with E-state index in [2.05, 4.69) is 21.2 Å². The molecule has 0 aromatic heterocycles. The van der Waals surface area contributed by atoms with E-state index in [0.717, 1.165) is 6.07 Å². The second-order valence-electron chi connectivity index (χ2n) is 4.18. The van der Waals surface area contributed by atoms with Crippen molar-refractivity contribution in [3.63, 3.8) is 0 Å². The van der Waals surface area contributed by atoms with Crippen LogP contribution in [0.5, 0.6) is 0 Å². The minimum absolute atomic E-state index is 0.111. The van der Waals surface area contributed by atoms with Gasteiger partial charge in [-0.3, -0.25) is 25.0 Å². The van der Waals surface area contributed by atoms with Gasteiger partial charge in [0, 0.05) is 34.3 Å². The zero-order chi connectivity index (χ0) is 16.3. The van der Waals surface area contributed by atoms with Crippen LogP contribution < -0.4 is 5.32 Å². The molecule has 0 aliphatic heterocycles. The van der Waals surface area contributed by atoms with Crippen LogP contribution >= 0.6 is 15.9 Å². The van der Waals surface area contributed by atoms with Crippen LogP contribution in [0.4, 0.5) is 17.1 Å². The van der Waals surface area contributed by atoms with Crippen LogP contribution in [0, 0.1) is 20.2 Å². The molecule has 0 bridgehead atoms. The van der Waals surface area contributed by atoms with Crippen LogP contribution in [0.1, 0.15) is 10.4 Å². The van der Waals surface area contributed by atoms with Crippen molar-refractivity contribution in [3.05, 3.63) is 72.7 Å². The van der Waals surface area contributed by atoms with E-state index in [9.17, 15) is 25.0 Å². The molecule has 1 N–H and O–H groups in total. The average molecular weight is 366 g/mol. The number of halogens is 1. The minimum atomic E-state index is -0.599. The molecule has 112 valence electrons. The Kier molecular flexibility index (Phi) is 4.47. The number of amides is 1. The lowest BCUT2D eigenvalue weighted by Gasteiger charge is -2.07. The molecule has 0 aliphatic carbocycles. The molecule has 0 saturated heterocycles. The molecule has 9 heteroatoms. The van der Waals surface area contributed by atoms with Gasteiger partial charge in [0.05, 0.1) is 15.5 Å². The summed E-state index contributed by atoms with van der Waals surface area (Å²) in [5, 5.41) is 23.9. The van der Waals surface area contributed by atoms with Crippen LogP contribution in [0.2, 0.25) is 0 Å². The van der Waals surface area contributed by atoms with Crippen LogP contribution in [0.15, 0.2) is 46.9 Å².